The summed E-state index contributed by atoms with van der Waals surface area (Å²) >= 11 is 12.3. The number of carbonyl (C=O) groups is 2. The Hall–Kier alpha value is -2.76. The first kappa shape index (κ1) is 21.9. The lowest BCUT2D eigenvalue weighted by Crippen LogP contribution is -2.25. The third-order valence-corrected chi connectivity index (χ3v) is 5.52. The number of methoxy groups -OCH3 is 1. The third-order valence-electron chi connectivity index (χ3n) is 5.09. The van der Waals surface area contributed by atoms with Crippen molar-refractivity contribution >= 4 is 41.2 Å². The fourth-order valence-corrected chi connectivity index (χ4v) is 4.25. The maximum absolute atomic E-state index is 13.0. The van der Waals surface area contributed by atoms with E-state index in [9.17, 15) is 9.59 Å². The quantitative estimate of drug-likeness (QED) is 0.359. The molecule has 7 heteroatoms. The molecule has 1 aromatic carbocycles. The van der Waals surface area contributed by atoms with Crippen molar-refractivity contribution in [3.63, 3.8) is 0 Å². The molecule has 2 aromatic rings. The van der Waals surface area contributed by atoms with Crippen LogP contribution in [0, 0.1) is 13.8 Å². The van der Waals surface area contributed by atoms with E-state index < -0.39 is 5.97 Å². The molecule has 0 saturated carbocycles. The predicted molar refractivity (Wildman–Crippen MR) is 120 cm³/mol. The Morgan fingerprint density at radius 1 is 1.13 bits per heavy atom. The van der Waals surface area contributed by atoms with Crippen molar-refractivity contribution in [2.24, 2.45) is 0 Å². The molecule has 0 unspecified atom stereocenters. The topological polar surface area (TPSA) is 51.5 Å². The lowest BCUT2D eigenvalue weighted by atomic mass is 10.0. The first-order chi connectivity index (χ1) is 14.2. The molecule has 0 radical (unpaired) electrons. The van der Waals surface area contributed by atoms with Gasteiger partial charge in [-0.05, 0) is 56.7 Å². The molecule has 1 aliphatic heterocycles. The zero-order valence-corrected chi connectivity index (χ0v) is 18.8. The molecule has 0 spiro atoms. The van der Waals surface area contributed by atoms with E-state index in [-0.39, 0.29) is 11.5 Å². The minimum atomic E-state index is -0.547. The average Bonchev–Trinajstić information content (AvgIpc) is 3.08. The number of benzene rings is 1. The highest BCUT2D eigenvalue weighted by molar-refractivity contribution is 6.34. The fraction of sp³-hybridized carbons (Fsp3) is 0.217. The molecule has 2 heterocycles. The smallest absolute Gasteiger partial charge is 0.340 e. The van der Waals surface area contributed by atoms with E-state index in [1.165, 1.54) is 12.0 Å². The Kier molecular flexibility index (Phi) is 6.25. The Morgan fingerprint density at radius 2 is 1.77 bits per heavy atom. The number of rotatable bonds is 5. The van der Waals surface area contributed by atoms with Crippen LogP contribution in [-0.2, 0) is 14.3 Å². The van der Waals surface area contributed by atoms with Crippen molar-refractivity contribution in [3.8, 4) is 5.69 Å². The number of ether oxygens (including phenoxy) is 1. The molecule has 0 fully saturated rings. The lowest BCUT2D eigenvalue weighted by molar-refractivity contribution is -0.136. The largest absolute Gasteiger partial charge is 0.465 e. The molecule has 1 aromatic heterocycles. The molecular weight excluding hydrogens is 423 g/mol. The second-order valence-electron chi connectivity index (χ2n) is 7.00. The van der Waals surface area contributed by atoms with Gasteiger partial charge >= 0.3 is 5.97 Å². The van der Waals surface area contributed by atoms with Crippen LogP contribution in [0.2, 0.25) is 10.0 Å². The maximum atomic E-state index is 13.0. The van der Waals surface area contributed by atoms with Gasteiger partial charge in [-0.25, -0.2) is 4.79 Å². The number of aromatic nitrogens is 1. The summed E-state index contributed by atoms with van der Waals surface area (Å²) in [4.78, 5) is 27.0. The van der Waals surface area contributed by atoms with Gasteiger partial charge in [0, 0.05) is 39.4 Å². The zero-order valence-electron chi connectivity index (χ0n) is 17.3. The van der Waals surface area contributed by atoms with Crippen molar-refractivity contribution < 1.29 is 14.3 Å². The zero-order chi connectivity index (χ0) is 22.2. The molecular formula is C23H22Cl2N2O3. The van der Waals surface area contributed by atoms with Gasteiger partial charge in [0.1, 0.15) is 0 Å². The van der Waals surface area contributed by atoms with Crippen molar-refractivity contribution in [2.75, 3.05) is 13.7 Å². The number of halogens is 2. The van der Waals surface area contributed by atoms with E-state index in [0.29, 0.717) is 27.9 Å². The van der Waals surface area contributed by atoms with E-state index in [1.807, 2.05) is 36.6 Å². The first-order valence-corrected chi connectivity index (χ1v) is 10.0. The summed E-state index contributed by atoms with van der Waals surface area (Å²) in [7, 11) is 1.30. The van der Waals surface area contributed by atoms with Crippen LogP contribution in [0.1, 0.15) is 23.9 Å². The molecule has 0 N–H and O–H groups in total. The summed E-state index contributed by atoms with van der Waals surface area (Å²) in [5.74, 6) is -0.808. The van der Waals surface area contributed by atoms with Crippen molar-refractivity contribution in [1.29, 1.82) is 0 Å². The van der Waals surface area contributed by atoms with Crippen molar-refractivity contribution in [3.05, 3.63) is 80.8 Å². The highest BCUT2D eigenvalue weighted by atomic mass is 35.5. The van der Waals surface area contributed by atoms with Crippen LogP contribution >= 0.6 is 23.2 Å². The number of nitrogens with zero attached hydrogens (tertiary/aromatic N) is 2. The predicted octanol–water partition coefficient (Wildman–Crippen LogP) is 5.26. The molecule has 3 rings (SSSR count). The van der Waals surface area contributed by atoms with Gasteiger partial charge < -0.3 is 14.2 Å². The fourth-order valence-electron chi connectivity index (χ4n) is 3.73. The number of allylic oxidation sites excluding steroid dienone is 1. The molecule has 0 atom stereocenters. The average molecular weight is 445 g/mol. The Morgan fingerprint density at radius 3 is 2.33 bits per heavy atom. The van der Waals surface area contributed by atoms with Gasteiger partial charge in [-0.2, -0.15) is 0 Å². The van der Waals surface area contributed by atoms with Gasteiger partial charge in [-0.1, -0.05) is 29.3 Å². The third kappa shape index (κ3) is 3.83. The van der Waals surface area contributed by atoms with E-state index in [2.05, 4.69) is 6.58 Å². The Labute approximate surface area is 185 Å². The van der Waals surface area contributed by atoms with Crippen LogP contribution in [0.4, 0.5) is 0 Å². The number of hydrogen-bond donors (Lipinski definition) is 0. The Balaban J connectivity index is 2.16. The summed E-state index contributed by atoms with van der Waals surface area (Å²) in [5, 5.41) is 1.06. The molecule has 0 bridgehead atoms. The van der Waals surface area contributed by atoms with Gasteiger partial charge in [-0.3, -0.25) is 4.79 Å². The van der Waals surface area contributed by atoms with Crippen molar-refractivity contribution in [2.45, 2.75) is 20.8 Å². The normalized spacial score (nSPS) is 15.3. The standard InChI is InChI=1S/C23H22Cl2N2O3/c1-6-7-26-15(4)21(23(29)30-5)20(22(26)28)9-16-8-13(2)27(14(16)3)19-11-17(24)10-18(25)12-19/h6,8-12H,1,7H2,2-5H3/b20-9+. The second kappa shape index (κ2) is 8.54. The number of aryl methyl sites for hydroxylation is 1. The minimum absolute atomic E-state index is 0.261. The number of esters is 1. The summed E-state index contributed by atoms with van der Waals surface area (Å²) < 4.78 is 6.92. The SMILES string of the molecule is C=CCN1C(=O)/C(=C/c2cc(C)n(-c3cc(Cl)cc(Cl)c3)c2C)C(C(=O)OC)=C1C. The van der Waals surface area contributed by atoms with E-state index in [1.54, 1.807) is 25.1 Å². The van der Waals surface area contributed by atoms with E-state index >= 15 is 0 Å². The summed E-state index contributed by atoms with van der Waals surface area (Å²) in [6.45, 7) is 9.61. The highest BCUT2D eigenvalue weighted by Crippen LogP contribution is 2.33. The molecule has 1 amide bonds. The van der Waals surface area contributed by atoms with E-state index in [4.69, 9.17) is 27.9 Å². The summed E-state index contributed by atoms with van der Waals surface area (Å²) in [6, 6.07) is 7.26. The van der Waals surface area contributed by atoms with E-state index in [0.717, 1.165) is 22.6 Å². The van der Waals surface area contributed by atoms with Crippen LogP contribution in [-0.4, -0.2) is 35.0 Å². The molecule has 156 valence electrons. The van der Waals surface area contributed by atoms with Crippen LogP contribution < -0.4 is 0 Å². The lowest BCUT2D eigenvalue weighted by Gasteiger charge is -2.14. The van der Waals surface area contributed by atoms with Gasteiger partial charge in [0.25, 0.3) is 5.91 Å². The molecule has 5 nitrogen and oxygen atoms in total. The number of hydrogen-bond acceptors (Lipinski definition) is 3. The highest BCUT2D eigenvalue weighted by Gasteiger charge is 2.36. The molecule has 0 aliphatic carbocycles. The first-order valence-electron chi connectivity index (χ1n) is 9.29. The Bertz CT molecular complexity index is 1110. The summed E-state index contributed by atoms with van der Waals surface area (Å²) in [5.41, 5.74) is 4.56. The molecule has 30 heavy (non-hydrogen) atoms. The van der Waals surface area contributed by atoms with Gasteiger partial charge in [-0.15, -0.1) is 6.58 Å². The van der Waals surface area contributed by atoms with Gasteiger partial charge in [0.15, 0.2) is 0 Å². The summed E-state index contributed by atoms with van der Waals surface area (Å²) in [6.07, 6.45) is 3.35. The van der Waals surface area contributed by atoms with Crippen LogP contribution in [0.15, 0.2) is 53.8 Å². The molecule has 0 saturated heterocycles. The van der Waals surface area contributed by atoms with Gasteiger partial charge in [0.2, 0.25) is 0 Å². The molecule has 1 aliphatic rings. The van der Waals surface area contributed by atoms with Crippen LogP contribution in [0.25, 0.3) is 11.8 Å². The van der Waals surface area contributed by atoms with Crippen molar-refractivity contribution in [1.82, 2.24) is 9.47 Å². The minimum Gasteiger partial charge on any atom is -0.465 e. The van der Waals surface area contributed by atoms with Crippen LogP contribution in [0.3, 0.4) is 0 Å². The maximum Gasteiger partial charge on any atom is 0.340 e. The van der Waals surface area contributed by atoms with Crippen LogP contribution in [0.5, 0.6) is 0 Å². The number of carbonyl (C=O) groups excluding carboxylic acids is 2. The second-order valence-corrected chi connectivity index (χ2v) is 7.88. The number of amides is 1. The van der Waals surface area contributed by atoms with Gasteiger partial charge in [0.05, 0.1) is 18.3 Å². The monoisotopic (exact) mass is 444 g/mol.